The third-order valence-corrected chi connectivity index (χ3v) is 3.33. The second-order valence-electron chi connectivity index (χ2n) is 6.16. The van der Waals surface area contributed by atoms with Gasteiger partial charge >= 0.3 is 5.97 Å². The Bertz CT molecular complexity index is 511. The molecule has 6 heteroatoms. The Labute approximate surface area is 117 Å². The van der Waals surface area contributed by atoms with Crippen LogP contribution in [0.15, 0.2) is 10.6 Å². The summed E-state index contributed by atoms with van der Waals surface area (Å²) in [6, 6.07) is 1.68. The first kappa shape index (κ1) is 14.6. The van der Waals surface area contributed by atoms with Crippen LogP contribution in [0.3, 0.4) is 0 Å². The summed E-state index contributed by atoms with van der Waals surface area (Å²) in [6.07, 6.45) is 2.06. The van der Waals surface area contributed by atoms with Gasteiger partial charge in [0.1, 0.15) is 5.76 Å². The van der Waals surface area contributed by atoms with Crippen LogP contribution in [0.25, 0.3) is 0 Å². The van der Waals surface area contributed by atoms with E-state index in [9.17, 15) is 9.59 Å². The molecule has 110 valence electrons. The number of rotatable bonds is 5. The lowest BCUT2D eigenvalue weighted by atomic mass is 10.0. The summed E-state index contributed by atoms with van der Waals surface area (Å²) in [5, 5.41) is 12.6. The van der Waals surface area contributed by atoms with Gasteiger partial charge in [-0.25, -0.2) is 0 Å². The van der Waals surface area contributed by atoms with E-state index in [4.69, 9.17) is 9.63 Å². The lowest BCUT2D eigenvalue weighted by Crippen LogP contribution is -2.46. The number of hydrogen-bond acceptors (Lipinski definition) is 4. The van der Waals surface area contributed by atoms with Gasteiger partial charge in [0.2, 0.25) is 0 Å². The van der Waals surface area contributed by atoms with Crippen LogP contribution in [0.4, 0.5) is 0 Å². The van der Waals surface area contributed by atoms with Crippen LogP contribution >= 0.6 is 0 Å². The molecule has 1 saturated carbocycles. The molecular weight excluding hydrogens is 260 g/mol. The fourth-order valence-electron chi connectivity index (χ4n) is 2.04. The highest BCUT2D eigenvalue weighted by Gasteiger charge is 2.32. The lowest BCUT2D eigenvalue weighted by molar-refractivity contribution is -0.137. The average Bonchev–Trinajstić information content (AvgIpc) is 3.05. The molecule has 0 radical (unpaired) electrons. The van der Waals surface area contributed by atoms with E-state index in [2.05, 4.69) is 5.16 Å². The predicted octanol–water partition coefficient (Wildman–Crippen LogP) is 2.27. The molecular formula is C14H20N2O4. The smallest absolute Gasteiger partial charge is 0.305 e. The van der Waals surface area contributed by atoms with Gasteiger partial charge in [-0.05, 0) is 33.6 Å². The normalized spacial score (nSPS) is 15.2. The van der Waals surface area contributed by atoms with Gasteiger partial charge in [0.05, 0.1) is 6.42 Å². The molecule has 1 aliphatic rings. The molecule has 0 saturated heterocycles. The van der Waals surface area contributed by atoms with Crippen LogP contribution in [0.2, 0.25) is 0 Å². The quantitative estimate of drug-likeness (QED) is 0.894. The number of hydrogen-bond donors (Lipinski definition) is 1. The van der Waals surface area contributed by atoms with Gasteiger partial charge < -0.3 is 14.5 Å². The molecule has 1 fully saturated rings. The second kappa shape index (κ2) is 5.26. The Hall–Kier alpha value is -1.85. The Morgan fingerprint density at radius 3 is 2.60 bits per heavy atom. The van der Waals surface area contributed by atoms with Gasteiger partial charge in [0.25, 0.3) is 5.91 Å². The van der Waals surface area contributed by atoms with Crippen molar-refractivity contribution in [3.05, 3.63) is 17.5 Å². The largest absolute Gasteiger partial charge is 0.481 e. The Morgan fingerprint density at radius 1 is 1.45 bits per heavy atom. The lowest BCUT2D eigenvalue weighted by Gasteiger charge is -2.34. The molecule has 1 aromatic heterocycles. The standard InChI is InChI=1S/C14H20N2O4/c1-14(2,3)16(7-6-12(17)18)13(19)10-8-11(20-15-10)9-4-5-9/h8-9H,4-7H2,1-3H3,(H,17,18). The van der Waals surface area contributed by atoms with Crippen molar-refractivity contribution in [2.75, 3.05) is 6.54 Å². The number of carbonyl (C=O) groups is 2. The molecule has 20 heavy (non-hydrogen) atoms. The van der Waals surface area contributed by atoms with E-state index in [0.29, 0.717) is 5.92 Å². The van der Waals surface area contributed by atoms with Gasteiger partial charge in [-0.2, -0.15) is 0 Å². The number of aromatic nitrogens is 1. The minimum Gasteiger partial charge on any atom is -0.481 e. The fraction of sp³-hybridized carbons (Fsp3) is 0.643. The van der Waals surface area contributed by atoms with Crippen LogP contribution < -0.4 is 0 Å². The van der Waals surface area contributed by atoms with E-state index in [0.717, 1.165) is 18.6 Å². The van der Waals surface area contributed by atoms with Crippen LogP contribution in [-0.4, -0.2) is 39.1 Å². The van der Waals surface area contributed by atoms with Gasteiger partial charge in [-0.1, -0.05) is 5.16 Å². The first-order valence-corrected chi connectivity index (χ1v) is 6.79. The number of amides is 1. The number of aliphatic carboxylic acids is 1. The van der Waals surface area contributed by atoms with Crippen molar-refractivity contribution >= 4 is 11.9 Å². The highest BCUT2D eigenvalue weighted by Crippen LogP contribution is 2.40. The zero-order chi connectivity index (χ0) is 14.9. The highest BCUT2D eigenvalue weighted by atomic mass is 16.5. The SMILES string of the molecule is CC(C)(C)N(CCC(=O)O)C(=O)c1cc(C2CC2)on1. The topological polar surface area (TPSA) is 83.6 Å². The van der Waals surface area contributed by atoms with Crippen LogP contribution in [-0.2, 0) is 4.79 Å². The molecule has 1 N–H and O–H groups in total. The zero-order valence-corrected chi connectivity index (χ0v) is 12.0. The van der Waals surface area contributed by atoms with Gasteiger partial charge in [0, 0.05) is 24.1 Å². The van der Waals surface area contributed by atoms with Gasteiger partial charge in [-0.3, -0.25) is 9.59 Å². The van der Waals surface area contributed by atoms with Crippen molar-refractivity contribution < 1.29 is 19.2 Å². The van der Waals surface area contributed by atoms with Crippen molar-refractivity contribution in [3.63, 3.8) is 0 Å². The van der Waals surface area contributed by atoms with Crippen LogP contribution in [0.5, 0.6) is 0 Å². The van der Waals surface area contributed by atoms with E-state index >= 15 is 0 Å². The summed E-state index contributed by atoms with van der Waals surface area (Å²) in [4.78, 5) is 24.7. The molecule has 1 amide bonds. The zero-order valence-electron chi connectivity index (χ0n) is 12.0. The van der Waals surface area contributed by atoms with E-state index < -0.39 is 11.5 Å². The summed E-state index contributed by atoms with van der Waals surface area (Å²) in [5.41, 5.74) is -0.210. The number of carboxylic acid groups (broad SMARTS) is 1. The first-order valence-electron chi connectivity index (χ1n) is 6.79. The predicted molar refractivity (Wildman–Crippen MR) is 71.5 cm³/mol. The maximum atomic E-state index is 12.5. The molecule has 0 aliphatic heterocycles. The molecule has 1 aromatic rings. The minimum absolute atomic E-state index is 0.0870. The van der Waals surface area contributed by atoms with E-state index in [1.807, 2.05) is 20.8 Å². The van der Waals surface area contributed by atoms with Crippen LogP contribution in [0, 0.1) is 0 Å². The Morgan fingerprint density at radius 2 is 2.10 bits per heavy atom. The minimum atomic E-state index is -0.925. The molecule has 0 atom stereocenters. The van der Waals surface area contributed by atoms with E-state index in [-0.39, 0.29) is 24.6 Å². The van der Waals surface area contributed by atoms with Crippen molar-refractivity contribution in [2.24, 2.45) is 0 Å². The molecule has 6 nitrogen and oxygen atoms in total. The van der Waals surface area contributed by atoms with Crippen molar-refractivity contribution in [1.82, 2.24) is 10.1 Å². The third kappa shape index (κ3) is 3.37. The number of nitrogens with zero attached hydrogens (tertiary/aromatic N) is 2. The molecule has 0 aromatic carbocycles. The van der Waals surface area contributed by atoms with E-state index in [1.165, 1.54) is 4.90 Å². The van der Waals surface area contributed by atoms with Gasteiger partial charge in [0.15, 0.2) is 5.69 Å². The average molecular weight is 280 g/mol. The highest BCUT2D eigenvalue weighted by molar-refractivity contribution is 5.93. The molecule has 1 aliphatic carbocycles. The fourth-order valence-corrected chi connectivity index (χ4v) is 2.04. The number of carbonyl (C=O) groups excluding carboxylic acids is 1. The summed E-state index contributed by atoms with van der Waals surface area (Å²) in [6.45, 7) is 5.77. The van der Waals surface area contributed by atoms with Crippen molar-refractivity contribution in [2.45, 2.75) is 51.5 Å². The molecule has 0 unspecified atom stereocenters. The maximum Gasteiger partial charge on any atom is 0.305 e. The van der Waals surface area contributed by atoms with Crippen molar-refractivity contribution in [3.8, 4) is 0 Å². The Balaban J connectivity index is 2.13. The molecule has 0 bridgehead atoms. The molecule has 1 heterocycles. The summed E-state index contributed by atoms with van der Waals surface area (Å²) < 4.78 is 5.18. The first-order chi connectivity index (χ1) is 9.29. The summed E-state index contributed by atoms with van der Waals surface area (Å²) in [7, 11) is 0. The van der Waals surface area contributed by atoms with Gasteiger partial charge in [-0.15, -0.1) is 0 Å². The number of carboxylic acids is 1. The third-order valence-electron chi connectivity index (χ3n) is 3.33. The Kier molecular flexibility index (Phi) is 3.83. The molecule has 0 spiro atoms. The monoisotopic (exact) mass is 280 g/mol. The van der Waals surface area contributed by atoms with E-state index in [1.54, 1.807) is 6.07 Å². The summed E-state index contributed by atoms with van der Waals surface area (Å²) in [5.74, 6) is -0.0631. The summed E-state index contributed by atoms with van der Waals surface area (Å²) >= 11 is 0. The maximum absolute atomic E-state index is 12.5. The molecule has 2 rings (SSSR count). The van der Waals surface area contributed by atoms with Crippen molar-refractivity contribution in [1.29, 1.82) is 0 Å². The van der Waals surface area contributed by atoms with Crippen LogP contribution in [0.1, 0.15) is 62.2 Å². The second-order valence-corrected chi connectivity index (χ2v) is 6.16.